The Labute approximate surface area is 81.5 Å². The quantitative estimate of drug-likeness (QED) is 0.683. The topological polar surface area (TPSA) is 33.2 Å². The van der Waals surface area contributed by atoms with Gasteiger partial charge in [-0.1, -0.05) is 0 Å². The lowest BCUT2D eigenvalue weighted by Crippen LogP contribution is -2.42. The SMILES string of the molecule is Cc1nsc(C)c1C(=O)N1CCC1. The predicted molar refractivity (Wildman–Crippen MR) is 52.1 cm³/mol. The minimum Gasteiger partial charge on any atom is -0.338 e. The number of carbonyl (C=O) groups excluding carboxylic acids is 1. The van der Waals surface area contributed by atoms with Crippen molar-refractivity contribution in [3.8, 4) is 0 Å². The van der Waals surface area contributed by atoms with Crippen LogP contribution < -0.4 is 0 Å². The van der Waals surface area contributed by atoms with Crippen molar-refractivity contribution in [2.24, 2.45) is 0 Å². The first-order valence-corrected chi connectivity index (χ1v) is 5.19. The molecular weight excluding hydrogens is 184 g/mol. The minimum atomic E-state index is 0.162. The van der Waals surface area contributed by atoms with Gasteiger partial charge in [0.05, 0.1) is 11.3 Å². The fourth-order valence-electron chi connectivity index (χ4n) is 1.47. The van der Waals surface area contributed by atoms with E-state index in [1.165, 1.54) is 11.5 Å². The van der Waals surface area contributed by atoms with E-state index in [0.29, 0.717) is 0 Å². The summed E-state index contributed by atoms with van der Waals surface area (Å²) in [7, 11) is 0. The normalized spacial score (nSPS) is 15.7. The molecule has 13 heavy (non-hydrogen) atoms. The van der Waals surface area contributed by atoms with Crippen LogP contribution in [0.5, 0.6) is 0 Å². The third-order valence-electron chi connectivity index (χ3n) is 2.39. The molecule has 0 saturated carbocycles. The molecule has 70 valence electrons. The Morgan fingerprint density at radius 1 is 1.46 bits per heavy atom. The van der Waals surface area contributed by atoms with E-state index in [1.54, 1.807) is 0 Å². The summed E-state index contributed by atoms with van der Waals surface area (Å²) < 4.78 is 4.17. The molecule has 3 nitrogen and oxygen atoms in total. The molecule has 0 spiro atoms. The van der Waals surface area contributed by atoms with Gasteiger partial charge in [-0.05, 0) is 31.8 Å². The highest BCUT2D eigenvalue weighted by molar-refractivity contribution is 7.06. The predicted octanol–water partition coefficient (Wildman–Crippen LogP) is 1.61. The van der Waals surface area contributed by atoms with Gasteiger partial charge in [-0.25, -0.2) is 0 Å². The van der Waals surface area contributed by atoms with Crippen LogP contribution in [-0.2, 0) is 0 Å². The average Bonchev–Trinajstić information content (AvgIpc) is 2.27. The number of amides is 1. The molecule has 1 aliphatic rings. The average molecular weight is 196 g/mol. The Morgan fingerprint density at radius 2 is 2.15 bits per heavy atom. The molecule has 1 saturated heterocycles. The maximum Gasteiger partial charge on any atom is 0.256 e. The molecule has 0 N–H and O–H groups in total. The molecule has 4 heteroatoms. The maximum absolute atomic E-state index is 11.8. The number of hydrogen-bond acceptors (Lipinski definition) is 3. The highest BCUT2D eigenvalue weighted by Crippen LogP contribution is 2.21. The third-order valence-corrected chi connectivity index (χ3v) is 3.23. The monoisotopic (exact) mass is 196 g/mol. The van der Waals surface area contributed by atoms with Gasteiger partial charge in [0.15, 0.2) is 0 Å². The molecule has 0 atom stereocenters. The Hall–Kier alpha value is -0.900. The number of aryl methyl sites for hydroxylation is 2. The summed E-state index contributed by atoms with van der Waals surface area (Å²) in [5.41, 5.74) is 1.70. The number of rotatable bonds is 1. The summed E-state index contributed by atoms with van der Waals surface area (Å²) in [4.78, 5) is 14.7. The van der Waals surface area contributed by atoms with Gasteiger partial charge in [-0.3, -0.25) is 4.79 Å². The third kappa shape index (κ3) is 1.35. The molecule has 2 rings (SSSR count). The Morgan fingerprint density at radius 3 is 2.54 bits per heavy atom. The van der Waals surface area contributed by atoms with E-state index in [2.05, 4.69) is 4.37 Å². The fourth-order valence-corrected chi connectivity index (χ4v) is 2.16. The van der Waals surface area contributed by atoms with E-state index < -0.39 is 0 Å². The Kier molecular flexibility index (Phi) is 2.07. The van der Waals surface area contributed by atoms with Crippen molar-refractivity contribution in [2.45, 2.75) is 20.3 Å². The van der Waals surface area contributed by atoms with E-state index in [9.17, 15) is 4.79 Å². The highest BCUT2D eigenvalue weighted by Gasteiger charge is 2.25. The van der Waals surface area contributed by atoms with Crippen molar-refractivity contribution in [1.82, 2.24) is 9.27 Å². The second-order valence-electron chi connectivity index (χ2n) is 3.34. The zero-order valence-electron chi connectivity index (χ0n) is 7.83. The standard InChI is InChI=1S/C9H12N2OS/c1-6-8(7(2)13-10-6)9(12)11-4-3-5-11/h3-5H2,1-2H3. The van der Waals surface area contributed by atoms with E-state index in [1.807, 2.05) is 18.7 Å². The van der Waals surface area contributed by atoms with Crippen LogP contribution in [0.3, 0.4) is 0 Å². The van der Waals surface area contributed by atoms with Crippen molar-refractivity contribution in [3.05, 3.63) is 16.1 Å². The summed E-state index contributed by atoms with van der Waals surface area (Å²) in [5.74, 6) is 0.162. The molecule has 2 heterocycles. The van der Waals surface area contributed by atoms with Crippen molar-refractivity contribution < 1.29 is 4.79 Å². The largest absolute Gasteiger partial charge is 0.338 e. The zero-order valence-corrected chi connectivity index (χ0v) is 8.65. The van der Waals surface area contributed by atoms with Gasteiger partial charge in [0.1, 0.15) is 0 Å². The van der Waals surface area contributed by atoms with Crippen LogP contribution in [0, 0.1) is 13.8 Å². The van der Waals surface area contributed by atoms with Crippen LogP contribution in [0.15, 0.2) is 0 Å². The van der Waals surface area contributed by atoms with Gasteiger partial charge in [0.25, 0.3) is 5.91 Å². The van der Waals surface area contributed by atoms with Crippen LogP contribution >= 0.6 is 11.5 Å². The van der Waals surface area contributed by atoms with Crippen LogP contribution in [0.1, 0.15) is 27.3 Å². The zero-order chi connectivity index (χ0) is 9.42. The molecule has 0 unspecified atom stereocenters. The van der Waals surface area contributed by atoms with Crippen molar-refractivity contribution in [2.75, 3.05) is 13.1 Å². The number of nitrogens with zero attached hydrogens (tertiary/aromatic N) is 2. The summed E-state index contributed by atoms with van der Waals surface area (Å²) >= 11 is 1.41. The molecule has 1 aromatic rings. The van der Waals surface area contributed by atoms with Gasteiger partial charge in [-0.2, -0.15) is 4.37 Å². The van der Waals surface area contributed by atoms with Crippen molar-refractivity contribution >= 4 is 17.4 Å². The van der Waals surface area contributed by atoms with Gasteiger partial charge >= 0.3 is 0 Å². The molecule has 1 fully saturated rings. The van der Waals surface area contributed by atoms with Crippen LogP contribution in [0.2, 0.25) is 0 Å². The van der Waals surface area contributed by atoms with Gasteiger partial charge in [0, 0.05) is 18.0 Å². The molecule has 0 aliphatic carbocycles. The van der Waals surface area contributed by atoms with E-state index in [0.717, 1.165) is 35.6 Å². The lowest BCUT2D eigenvalue weighted by Gasteiger charge is -2.30. The molecule has 0 radical (unpaired) electrons. The number of carbonyl (C=O) groups is 1. The summed E-state index contributed by atoms with van der Waals surface area (Å²) in [6.07, 6.45) is 1.14. The lowest BCUT2D eigenvalue weighted by atomic mass is 10.1. The molecular formula is C9H12N2OS. The van der Waals surface area contributed by atoms with Crippen molar-refractivity contribution in [1.29, 1.82) is 0 Å². The fraction of sp³-hybridized carbons (Fsp3) is 0.556. The second-order valence-corrected chi connectivity index (χ2v) is 4.32. The second kappa shape index (κ2) is 3.10. The first kappa shape index (κ1) is 8.69. The van der Waals surface area contributed by atoms with E-state index in [4.69, 9.17) is 0 Å². The van der Waals surface area contributed by atoms with Crippen LogP contribution in [-0.4, -0.2) is 28.3 Å². The Bertz CT molecular complexity index is 322. The maximum atomic E-state index is 11.8. The highest BCUT2D eigenvalue weighted by atomic mass is 32.1. The first-order chi connectivity index (χ1) is 6.20. The summed E-state index contributed by atoms with van der Waals surface area (Å²) in [6.45, 7) is 5.68. The molecule has 1 aromatic heterocycles. The molecule has 1 aliphatic heterocycles. The number of likely N-dealkylation sites (tertiary alicyclic amines) is 1. The van der Waals surface area contributed by atoms with Crippen LogP contribution in [0.4, 0.5) is 0 Å². The van der Waals surface area contributed by atoms with Gasteiger partial charge in [0.2, 0.25) is 0 Å². The number of aromatic nitrogens is 1. The van der Waals surface area contributed by atoms with Crippen molar-refractivity contribution in [3.63, 3.8) is 0 Å². The lowest BCUT2D eigenvalue weighted by molar-refractivity contribution is 0.0650. The molecule has 1 amide bonds. The first-order valence-electron chi connectivity index (χ1n) is 4.42. The Balaban J connectivity index is 2.28. The summed E-state index contributed by atoms with van der Waals surface area (Å²) in [5, 5.41) is 0. The number of hydrogen-bond donors (Lipinski definition) is 0. The van der Waals surface area contributed by atoms with Crippen LogP contribution in [0.25, 0.3) is 0 Å². The van der Waals surface area contributed by atoms with E-state index in [-0.39, 0.29) is 5.91 Å². The van der Waals surface area contributed by atoms with Gasteiger partial charge < -0.3 is 4.90 Å². The smallest absolute Gasteiger partial charge is 0.256 e. The van der Waals surface area contributed by atoms with E-state index >= 15 is 0 Å². The summed E-state index contributed by atoms with van der Waals surface area (Å²) in [6, 6.07) is 0. The van der Waals surface area contributed by atoms with Gasteiger partial charge in [-0.15, -0.1) is 0 Å². The molecule has 0 aromatic carbocycles. The molecule has 0 bridgehead atoms. The minimum absolute atomic E-state index is 0.162.